The molecule has 0 radical (unpaired) electrons. The lowest BCUT2D eigenvalue weighted by Crippen LogP contribution is -2.57. The van der Waals surface area contributed by atoms with Gasteiger partial charge in [0.25, 0.3) is 0 Å². The van der Waals surface area contributed by atoms with Crippen molar-refractivity contribution >= 4 is 23.4 Å². The fourth-order valence-electron chi connectivity index (χ4n) is 6.34. The van der Waals surface area contributed by atoms with E-state index in [0.717, 1.165) is 19.3 Å². The lowest BCUT2D eigenvalue weighted by Gasteiger charge is -2.36. The summed E-state index contributed by atoms with van der Waals surface area (Å²) in [6.07, 6.45) is 4.63. The molecule has 4 rings (SSSR count). The number of fused-ring (bicyclic) bond motifs is 1. The number of para-hydroxylation sites is 1. The maximum atomic E-state index is 13.9. The third-order valence-corrected chi connectivity index (χ3v) is 8.01. The highest BCUT2D eigenvalue weighted by atomic mass is 16.5. The van der Waals surface area contributed by atoms with Crippen LogP contribution in [0.25, 0.3) is 0 Å². The lowest BCUT2D eigenvalue weighted by molar-refractivity contribution is -0.149. The number of aliphatic hydroxyl groups is 1. The Labute approximate surface area is 201 Å². The van der Waals surface area contributed by atoms with Crippen molar-refractivity contribution in [1.82, 2.24) is 10.2 Å². The van der Waals surface area contributed by atoms with E-state index >= 15 is 0 Å². The number of carbonyl (C=O) groups excluding carboxylic acids is 3. The van der Waals surface area contributed by atoms with Gasteiger partial charge in [-0.25, -0.2) is 0 Å². The minimum Gasteiger partial charge on any atom is -0.394 e. The molecule has 0 aromatic heterocycles. The molecule has 3 N–H and O–H groups in total. The van der Waals surface area contributed by atoms with Gasteiger partial charge in [0.15, 0.2) is 0 Å². The van der Waals surface area contributed by atoms with Gasteiger partial charge in [0.1, 0.15) is 11.6 Å². The van der Waals surface area contributed by atoms with E-state index in [1.165, 1.54) is 4.90 Å². The zero-order valence-electron chi connectivity index (χ0n) is 20.4. The lowest BCUT2D eigenvalue weighted by atomic mass is 9.65. The average molecular weight is 472 g/mol. The number of anilines is 1. The van der Waals surface area contributed by atoms with Crippen LogP contribution in [0.15, 0.2) is 30.3 Å². The van der Waals surface area contributed by atoms with Crippen LogP contribution in [0.3, 0.4) is 0 Å². The Balaban J connectivity index is 1.69. The number of amides is 3. The van der Waals surface area contributed by atoms with Gasteiger partial charge in [-0.15, -0.1) is 0 Å². The second-order valence-electron chi connectivity index (χ2n) is 9.96. The standard InChI is InChI=1S/C26H37N3O5/c1-4-6-10-15-27-23(32)21-26-14-13-25(5-2,34-26)19(20(26)24(33)29(21)17(3)16-30)22(31)28-18-11-8-7-9-12-18/h7-9,11-12,17,19-21,30H,4-6,10,13-16H2,1-3H3,(H,27,32)(H,28,31)/t17-,19+,20+,21?,25-,26?/m1/s1. The summed E-state index contributed by atoms with van der Waals surface area (Å²) in [6.45, 7) is 6.06. The van der Waals surface area contributed by atoms with Crippen LogP contribution in [0.5, 0.6) is 0 Å². The van der Waals surface area contributed by atoms with Crippen LogP contribution in [-0.4, -0.2) is 64.2 Å². The van der Waals surface area contributed by atoms with E-state index in [1.807, 2.05) is 37.3 Å². The number of hydrogen-bond donors (Lipinski definition) is 3. The maximum Gasteiger partial charge on any atom is 0.245 e. The SMILES string of the molecule is CCCCCNC(=O)C1N([C@H](C)CO)C(=O)[C@@H]2[C@@H](C(=O)Nc3ccccc3)[C@@]3(CC)CCC12O3. The zero-order chi connectivity index (χ0) is 24.5. The maximum absolute atomic E-state index is 13.9. The van der Waals surface area contributed by atoms with E-state index in [-0.39, 0.29) is 24.3 Å². The number of nitrogens with zero attached hydrogens (tertiary/aromatic N) is 1. The van der Waals surface area contributed by atoms with Crippen molar-refractivity contribution in [1.29, 1.82) is 0 Å². The molecular weight excluding hydrogens is 434 g/mol. The van der Waals surface area contributed by atoms with E-state index in [4.69, 9.17) is 4.74 Å². The van der Waals surface area contributed by atoms with Crippen molar-refractivity contribution in [3.8, 4) is 0 Å². The molecule has 1 aromatic carbocycles. The number of ether oxygens (including phenoxy) is 1. The van der Waals surface area contributed by atoms with Crippen LogP contribution in [-0.2, 0) is 19.1 Å². The molecule has 3 amide bonds. The molecule has 3 heterocycles. The van der Waals surface area contributed by atoms with Crippen molar-refractivity contribution in [2.24, 2.45) is 11.8 Å². The summed E-state index contributed by atoms with van der Waals surface area (Å²) in [7, 11) is 0. The van der Waals surface area contributed by atoms with Crippen LogP contribution in [0.4, 0.5) is 5.69 Å². The van der Waals surface area contributed by atoms with Gasteiger partial charge >= 0.3 is 0 Å². The van der Waals surface area contributed by atoms with Crippen molar-refractivity contribution in [3.05, 3.63) is 30.3 Å². The summed E-state index contributed by atoms with van der Waals surface area (Å²) in [5, 5.41) is 15.9. The first-order chi connectivity index (χ1) is 16.3. The molecule has 2 bridgehead atoms. The molecule has 3 saturated heterocycles. The number of carbonyl (C=O) groups is 3. The molecule has 0 saturated carbocycles. The highest BCUT2D eigenvalue weighted by Crippen LogP contribution is 2.64. The van der Waals surface area contributed by atoms with Crippen LogP contribution < -0.4 is 10.6 Å². The number of unbranched alkanes of at least 4 members (excludes halogenated alkanes) is 2. The topological polar surface area (TPSA) is 108 Å². The average Bonchev–Trinajstić information content (AvgIpc) is 3.45. The number of nitrogens with one attached hydrogen (secondary N) is 2. The third kappa shape index (κ3) is 3.81. The largest absolute Gasteiger partial charge is 0.394 e. The number of likely N-dealkylation sites (tertiary alicyclic amines) is 1. The van der Waals surface area contributed by atoms with Crippen LogP contribution in [0, 0.1) is 11.8 Å². The summed E-state index contributed by atoms with van der Waals surface area (Å²) < 4.78 is 6.68. The molecule has 1 spiro atoms. The van der Waals surface area contributed by atoms with Crippen molar-refractivity contribution in [2.45, 2.75) is 82.6 Å². The first-order valence-corrected chi connectivity index (χ1v) is 12.6. The van der Waals surface area contributed by atoms with Gasteiger partial charge in [-0.2, -0.15) is 0 Å². The number of benzene rings is 1. The Kier molecular flexibility index (Phi) is 7.01. The predicted molar refractivity (Wildman–Crippen MR) is 128 cm³/mol. The molecule has 2 unspecified atom stereocenters. The molecule has 0 aliphatic carbocycles. The van der Waals surface area contributed by atoms with Crippen molar-refractivity contribution < 1.29 is 24.2 Å². The molecular formula is C26H37N3O5. The molecule has 34 heavy (non-hydrogen) atoms. The van der Waals surface area contributed by atoms with E-state index in [2.05, 4.69) is 17.6 Å². The minimum absolute atomic E-state index is 0.256. The first kappa shape index (κ1) is 24.7. The second-order valence-corrected chi connectivity index (χ2v) is 9.96. The molecule has 1 aromatic rings. The second kappa shape index (κ2) is 9.66. The van der Waals surface area contributed by atoms with Crippen LogP contribution >= 0.6 is 0 Å². The van der Waals surface area contributed by atoms with Crippen molar-refractivity contribution in [2.75, 3.05) is 18.5 Å². The smallest absolute Gasteiger partial charge is 0.245 e. The number of hydrogen-bond acceptors (Lipinski definition) is 5. The quantitative estimate of drug-likeness (QED) is 0.455. The van der Waals surface area contributed by atoms with Gasteiger partial charge in [0.2, 0.25) is 17.7 Å². The molecule has 186 valence electrons. The summed E-state index contributed by atoms with van der Waals surface area (Å²) >= 11 is 0. The van der Waals surface area contributed by atoms with E-state index < -0.39 is 35.1 Å². The normalized spacial score (nSPS) is 32.5. The van der Waals surface area contributed by atoms with Gasteiger partial charge in [0, 0.05) is 12.2 Å². The monoisotopic (exact) mass is 471 g/mol. The summed E-state index contributed by atoms with van der Waals surface area (Å²) in [5.41, 5.74) is -1.19. The number of aliphatic hydroxyl groups excluding tert-OH is 1. The molecule has 8 heteroatoms. The first-order valence-electron chi connectivity index (χ1n) is 12.6. The molecule has 3 fully saturated rings. The molecule has 8 nitrogen and oxygen atoms in total. The Morgan fingerprint density at radius 3 is 2.56 bits per heavy atom. The fourth-order valence-corrected chi connectivity index (χ4v) is 6.34. The Morgan fingerprint density at radius 1 is 1.18 bits per heavy atom. The minimum atomic E-state index is -1.07. The summed E-state index contributed by atoms with van der Waals surface area (Å²) in [6, 6.07) is 7.75. The molecule has 3 aliphatic rings. The van der Waals surface area contributed by atoms with Gasteiger partial charge in [0.05, 0.1) is 30.1 Å². The van der Waals surface area contributed by atoms with E-state index in [1.54, 1.807) is 6.92 Å². The van der Waals surface area contributed by atoms with Gasteiger partial charge in [-0.05, 0) is 44.7 Å². The van der Waals surface area contributed by atoms with E-state index in [9.17, 15) is 19.5 Å². The van der Waals surface area contributed by atoms with Crippen molar-refractivity contribution in [3.63, 3.8) is 0 Å². The molecule has 6 atom stereocenters. The summed E-state index contributed by atoms with van der Waals surface area (Å²) in [4.78, 5) is 42.5. The van der Waals surface area contributed by atoms with Crippen LogP contribution in [0.2, 0.25) is 0 Å². The predicted octanol–water partition coefficient (Wildman–Crippen LogP) is 2.47. The highest BCUT2D eigenvalue weighted by Gasteiger charge is 2.78. The highest BCUT2D eigenvalue weighted by molar-refractivity contribution is 6.02. The number of rotatable bonds is 10. The van der Waals surface area contributed by atoms with Crippen LogP contribution in [0.1, 0.15) is 59.3 Å². The summed E-state index contributed by atoms with van der Waals surface area (Å²) in [5.74, 6) is -2.26. The van der Waals surface area contributed by atoms with Gasteiger partial charge < -0.3 is 25.4 Å². The fraction of sp³-hybridized carbons (Fsp3) is 0.654. The Bertz CT molecular complexity index is 924. The Hall–Kier alpha value is -2.45. The van der Waals surface area contributed by atoms with Gasteiger partial charge in [-0.3, -0.25) is 14.4 Å². The van der Waals surface area contributed by atoms with E-state index in [0.29, 0.717) is 31.5 Å². The van der Waals surface area contributed by atoms with Gasteiger partial charge in [-0.1, -0.05) is 44.9 Å². The Morgan fingerprint density at radius 2 is 1.91 bits per heavy atom. The zero-order valence-corrected chi connectivity index (χ0v) is 20.4. The third-order valence-electron chi connectivity index (χ3n) is 8.01. The molecule has 3 aliphatic heterocycles.